The molecule has 0 saturated carbocycles. The van der Waals surface area contributed by atoms with E-state index in [2.05, 4.69) is 4.98 Å². The smallest absolute Gasteiger partial charge is 0.186 e. The summed E-state index contributed by atoms with van der Waals surface area (Å²) in [6.07, 6.45) is 3.22. The number of ether oxygens (including phenoxy) is 1. The third-order valence-corrected chi connectivity index (χ3v) is 5.06. The van der Waals surface area contributed by atoms with Crippen molar-refractivity contribution < 1.29 is 14.6 Å². The Morgan fingerprint density at radius 2 is 2.27 bits per heavy atom. The number of hydrogen-bond donors (Lipinski definition) is 2. The summed E-state index contributed by atoms with van der Waals surface area (Å²) in [5.74, 6) is -0.456. The van der Waals surface area contributed by atoms with Crippen molar-refractivity contribution in [1.29, 1.82) is 5.41 Å². The summed E-state index contributed by atoms with van der Waals surface area (Å²) >= 11 is 2.47. The number of Topliss-reactive ketones (excluding diaryl/α,β-unsaturated/α-hetero) is 1. The van der Waals surface area contributed by atoms with Gasteiger partial charge in [-0.1, -0.05) is 23.9 Å². The minimum absolute atomic E-state index is 0.0184. The van der Waals surface area contributed by atoms with Crippen LogP contribution in [0.5, 0.6) is 11.5 Å². The maximum atomic E-state index is 12.5. The Morgan fingerprint density at radius 3 is 2.95 bits per heavy atom. The van der Waals surface area contributed by atoms with Gasteiger partial charge in [0.05, 0.1) is 17.1 Å². The molecule has 1 atom stereocenters. The lowest BCUT2D eigenvalue weighted by Gasteiger charge is -2.06. The van der Waals surface area contributed by atoms with Crippen LogP contribution in [0.15, 0.2) is 34.7 Å². The first-order valence-electron chi connectivity index (χ1n) is 6.39. The van der Waals surface area contributed by atoms with Crippen molar-refractivity contribution in [1.82, 2.24) is 4.98 Å². The number of rotatable bonds is 3. The molecule has 112 valence electrons. The van der Waals surface area contributed by atoms with Crippen molar-refractivity contribution in [3.05, 3.63) is 45.3 Å². The lowest BCUT2D eigenvalue weighted by Crippen LogP contribution is -2.11. The highest BCUT2D eigenvalue weighted by Crippen LogP contribution is 2.42. The van der Waals surface area contributed by atoms with Crippen LogP contribution in [0.1, 0.15) is 16.5 Å². The molecule has 3 rings (SSSR count). The molecule has 5 nitrogen and oxygen atoms in total. The summed E-state index contributed by atoms with van der Waals surface area (Å²) in [5.41, 5.74) is 0.489. The van der Waals surface area contributed by atoms with Gasteiger partial charge in [-0.3, -0.25) is 10.2 Å². The number of carbonyl (C=O) groups is 1. The number of thiazole rings is 1. The molecule has 0 spiro atoms. The van der Waals surface area contributed by atoms with Crippen LogP contribution in [0.3, 0.4) is 0 Å². The first-order valence-corrected chi connectivity index (χ1v) is 8.09. The van der Waals surface area contributed by atoms with Crippen LogP contribution >= 0.6 is 23.1 Å². The Kier molecular flexibility index (Phi) is 4.00. The lowest BCUT2D eigenvalue weighted by atomic mass is 10.0. The summed E-state index contributed by atoms with van der Waals surface area (Å²) in [5, 5.41) is 20.8. The first kappa shape index (κ1) is 14.8. The van der Waals surface area contributed by atoms with Crippen LogP contribution in [-0.4, -0.2) is 28.0 Å². The van der Waals surface area contributed by atoms with E-state index in [4.69, 9.17) is 10.1 Å². The molecule has 0 amide bonds. The molecular formula is C15H12N2O3S2. The minimum Gasteiger partial charge on any atom is -0.504 e. The summed E-state index contributed by atoms with van der Waals surface area (Å²) in [6, 6.07) is 5.07. The molecule has 1 aliphatic heterocycles. The number of methoxy groups -OCH3 is 1. The highest BCUT2D eigenvalue weighted by atomic mass is 32.2. The van der Waals surface area contributed by atoms with Gasteiger partial charge in [0.15, 0.2) is 17.3 Å². The van der Waals surface area contributed by atoms with Gasteiger partial charge in [-0.05, 0) is 12.1 Å². The average molecular weight is 332 g/mol. The van der Waals surface area contributed by atoms with Crippen LogP contribution in [-0.2, 0) is 4.79 Å². The molecule has 1 aromatic heterocycles. The van der Waals surface area contributed by atoms with Gasteiger partial charge >= 0.3 is 0 Å². The van der Waals surface area contributed by atoms with Crippen LogP contribution in [0, 0.1) is 5.41 Å². The Balaban J connectivity index is 1.97. The lowest BCUT2D eigenvalue weighted by molar-refractivity contribution is -0.114. The fraction of sp³-hybridized carbons (Fsp3) is 0.133. The average Bonchev–Trinajstić information content (AvgIpc) is 3.10. The number of para-hydroxylation sites is 1. The molecule has 0 aliphatic carbocycles. The van der Waals surface area contributed by atoms with E-state index in [9.17, 15) is 9.90 Å². The van der Waals surface area contributed by atoms with Crippen molar-refractivity contribution in [2.45, 2.75) is 5.92 Å². The van der Waals surface area contributed by atoms with Crippen LogP contribution in [0.25, 0.3) is 6.08 Å². The Morgan fingerprint density at radius 1 is 1.45 bits per heavy atom. The zero-order valence-corrected chi connectivity index (χ0v) is 13.2. The predicted molar refractivity (Wildman–Crippen MR) is 87.8 cm³/mol. The van der Waals surface area contributed by atoms with Crippen LogP contribution < -0.4 is 4.74 Å². The van der Waals surface area contributed by atoms with Gasteiger partial charge in [-0.25, -0.2) is 4.98 Å². The molecule has 1 fully saturated rings. The first-order chi connectivity index (χ1) is 10.6. The summed E-state index contributed by atoms with van der Waals surface area (Å²) in [7, 11) is 1.47. The molecule has 22 heavy (non-hydrogen) atoms. The molecule has 0 bridgehead atoms. The number of phenols is 1. The predicted octanol–water partition coefficient (Wildman–Crippen LogP) is 3.28. The Bertz CT molecular complexity index is 769. The van der Waals surface area contributed by atoms with Crippen molar-refractivity contribution >= 4 is 40.0 Å². The van der Waals surface area contributed by atoms with E-state index in [1.165, 1.54) is 18.4 Å². The van der Waals surface area contributed by atoms with Crippen molar-refractivity contribution in [2.24, 2.45) is 0 Å². The molecule has 2 N–H and O–H groups in total. The second-order valence-corrected chi connectivity index (χ2v) is 6.55. The highest BCUT2D eigenvalue weighted by molar-refractivity contribution is 8.19. The van der Waals surface area contributed by atoms with Gasteiger partial charge < -0.3 is 9.84 Å². The van der Waals surface area contributed by atoms with E-state index in [0.717, 1.165) is 11.8 Å². The molecule has 1 aromatic carbocycles. The highest BCUT2D eigenvalue weighted by Gasteiger charge is 2.38. The SMILES string of the molecule is COc1cccc(C=C2SC(=N)C(c3nccs3)C2=O)c1O. The van der Waals surface area contributed by atoms with E-state index in [0.29, 0.717) is 21.2 Å². The van der Waals surface area contributed by atoms with Crippen LogP contribution in [0.2, 0.25) is 0 Å². The summed E-state index contributed by atoms with van der Waals surface area (Å²) < 4.78 is 5.06. The fourth-order valence-corrected chi connectivity index (χ4v) is 3.95. The quantitative estimate of drug-likeness (QED) is 0.843. The minimum atomic E-state index is -0.621. The number of allylic oxidation sites excluding steroid dienone is 1. The number of ketones is 1. The number of nitrogens with zero attached hydrogens (tertiary/aromatic N) is 1. The van der Waals surface area contributed by atoms with E-state index >= 15 is 0 Å². The number of carbonyl (C=O) groups excluding carboxylic acids is 1. The number of benzene rings is 1. The van der Waals surface area contributed by atoms with Crippen molar-refractivity contribution in [2.75, 3.05) is 7.11 Å². The van der Waals surface area contributed by atoms with Gasteiger partial charge in [-0.15, -0.1) is 11.3 Å². The normalized spacial score (nSPS) is 19.9. The molecule has 0 radical (unpaired) electrons. The van der Waals surface area contributed by atoms with E-state index < -0.39 is 5.92 Å². The number of phenolic OH excluding ortho intramolecular Hbond substituents is 1. The van der Waals surface area contributed by atoms with E-state index in [1.54, 1.807) is 35.9 Å². The standard InChI is InChI=1S/C15H12N2O3S2/c1-20-9-4-2-3-8(12(9)18)7-10-13(19)11(14(16)22-10)15-17-5-6-21-15/h2-7,11,16,18H,1H3. The molecule has 7 heteroatoms. The van der Waals surface area contributed by atoms with Gasteiger partial charge in [0.2, 0.25) is 0 Å². The third kappa shape index (κ3) is 2.53. The largest absolute Gasteiger partial charge is 0.504 e. The topological polar surface area (TPSA) is 83.3 Å². The maximum absolute atomic E-state index is 12.5. The molecule has 2 heterocycles. The Labute approximate surface area is 135 Å². The molecular weight excluding hydrogens is 320 g/mol. The second kappa shape index (κ2) is 5.94. The van der Waals surface area contributed by atoms with Crippen LogP contribution in [0.4, 0.5) is 0 Å². The summed E-state index contributed by atoms with van der Waals surface area (Å²) in [4.78, 5) is 17.1. The zero-order valence-electron chi connectivity index (χ0n) is 11.6. The zero-order chi connectivity index (χ0) is 15.7. The monoisotopic (exact) mass is 332 g/mol. The molecule has 1 aliphatic rings. The fourth-order valence-electron chi connectivity index (χ4n) is 2.15. The van der Waals surface area contributed by atoms with Crippen molar-refractivity contribution in [3.63, 3.8) is 0 Å². The van der Waals surface area contributed by atoms with Gasteiger partial charge in [0.25, 0.3) is 0 Å². The number of aromatic hydroxyl groups is 1. The molecule has 1 saturated heterocycles. The number of hydrogen-bond acceptors (Lipinski definition) is 7. The third-order valence-electron chi connectivity index (χ3n) is 3.22. The van der Waals surface area contributed by atoms with Crippen molar-refractivity contribution in [3.8, 4) is 11.5 Å². The second-order valence-electron chi connectivity index (χ2n) is 4.54. The number of nitrogens with one attached hydrogen (secondary N) is 1. The Hall–Kier alpha value is -2.12. The summed E-state index contributed by atoms with van der Waals surface area (Å²) in [6.45, 7) is 0. The molecule has 2 aromatic rings. The van der Waals surface area contributed by atoms with Gasteiger partial charge in [-0.2, -0.15) is 0 Å². The van der Waals surface area contributed by atoms with E-state index in [-0.39, 0.29) is 16.6 Å². The number of thioether (sulfide) groups is 1. The number of aromatic nitrogens is 1. The van der Waals surface area contributed by atoms with E-state index in [1.807, 2.05) is 0 Å². The van der Waals surface area contributed by atoms with Gasteiger partial charge in [0, 0.05) is 17.1 Å². The maximum Gasteiger partial charge on any atom is 0.186 e. The molecule has 1 unspecified atom stereocenters. The van der Waals surface area contributed by atoms with Gasteiger partial charge in [0.1, 0.15) is 10.9 Å².